The van der Waals surface area contributed by atoms with Crippen molar-refractivity contribution in [2.75, 3.05) is 32.4 Å². The van der Waals surface area contributed by atoms with E-state index >= 15 is 0 Å². The first kappa shape index (κ1) is 23.4. The molecule has 2 rings (SSSR count). The highest BCUT2D eigenvalue weighted by Gasteiger charge is 2.31. The second-order valence-electron chi connectivity index (χ2n) is 6.94. The summed E-state index contributed by atoms with van der Waals surface area (Å²) in [5, 5.41) is 5.77. The van der Waals surface area contributed by atoms with Crippen molar-refractivity contribution in [1.29, 1.82) is 0 Å². The van der Waals surface area contributed by atoms with E-state index in [1.165, 1.54) is 17.4 Å². The van der Waals surface area contributed by atoms with Crippen molar-refractivity contribution in [3.8, 4) is 0 Å². The molecule has 11 heteroatoms. The van der Waals surface area contributed by atoms with E-state index in [1.807, 2.05) is 13.8 Å². The van der Waals surface area contributed by atoms with E-state index in [0.717, 1.165) is 12.1 Å². The van der Waals surface area contributed by atoms with E-state index in [9.17, 15) is 21.6 Å². The third-order valence-electron chi connectivity index (χ3n) is 4.37. The summed E-state index contributed by atoms with van der Waals surface area (Å²) in [5.41, 5.74) is -0.286. The zero-order valence-corrected chi connectivity index (χ0v) is 17.5. The Kier molecular flexibility index (Phi) is 7.89. The van der Waals surface area contributed by atoms with Gasteiger partial charge >= 0.3 is 6.18 Å². The molecule has 2 unspecified atom stereocenters. The number of nitrogens with one attached hydrogen (secondary N) is 2. The molecule has 0 saturated carbocycles. The smallest absolute Gasteiger partial charge is 0.373 e. The maximum atomic E-state index is 12.8. The highest BCUT2D eigenvalue weighted by molar-refractivity contribution is 7.89. The number of guanidine groups is 1. The third kappa shape index (κ3) is 7.16. The molecule has 1 fully saturated rings. The molecule has 0 bridgehead atoms. The summed E-state index contributed by atoms with van der Waals surface area (Å²) in [6.45, 7) is 4.52. The number of ether oxygens (including phenoxy) is 1. The average molecular weight is 437 g/mol. The summed E-state index contributed by atoms with van der Waals surface area (Å²) >= 11 is 0. The molecule has 0 spiro atoms. The normalized spacial score (nSPS) is 21.8. The minimum absolute atomic E-state index is 0.116. The second-order valence-corrected chi connectivity index (χ2v) is 9.03. The van der Waals surface area contributed by atoms with Gasteiger partial charge in [-0.3, -0.25) is 4.99 Å². The van der Waals surface area contributed by atoms with Gasteiger partial charge in [0.1, 0.15) is 0 Å². The van der Waals surface area contributed by atoms with Crippen LogP contribution in [-0.4, -0.2) is 63.3 Å². The SMILES string of the molecule is CN=C(NCCS(=O)(=O)N1CC(C)OC(C)C1)NCc1cccc(C(F)(F)F)c1. The minimum Gasteiger partial charge on any atom is -0.373 e. The van der Waals surface area contributed by atoms with Crippen LogP contribution in [0.2, 0.25) is 0 Å². The molecule has 1 aromatic rings. The number of alkyl halides is 3. The van der Waals surface area contributed by atoms with Gasteiger partial charge in [-0.05, 0) is 31.5 Å². The fourth-order valence-corrected chi connectivity index (χ4v) is 4.54. The van der Waals surface area contributed by atoms with Crippen LogP contribution in [0.15, 0.2) is 29.3 Å². The number of benzene rings is 1. The van der Waals surface area contributed by atoms with Gasteiger partial charge in [-0.15, -0.1) is 0 Å². The van der Waals surface area contributed by atoms with Crippen molar-refractivity contribution in [1.82, 2.24) is 14.9 Å². The van der Waals surface area contributed by atoms with Crippen LogP contribution in [0, 0.1) is 0 Å². The van der Waals surface area contributed by atoms with Crippen LogP contribution >= 0.6 is 0 Å². The zero-order valence-electron chi connectivity index (χ0n) is 16.7. The molecule has 7 nitrogen and oxygen atoms in total. The van der Waals surface area contributed by atoms with Crippen molar-refractivity contribution in [2.24, 2.45) is 4.99 Å². The lowest BCUT2D eigenvalue weighted by molar-refractivity contribution is -0.137. The van der Waals surface area contributed by atoms with Gasteiger partial charge in [-0.2, -0.15) is 17.5 Å². The maximum Gasteiger partial charge on any atom is 0.416 e. The van der Waals surface area contributed by atoms with Crippen molar-refractivity contribution >= 4 is 16.0 Å². The Morgan fingerprint density at radius 2 is 1.90 bits per heavy atom. The van der Waals surface area contributed by atoms with Crippen LogP contribution in [-0.2, 0) is 27.5 Å². The number of hydrogen-bond donors (Lipinski definition) is 2. The molecule has 1 heterocycles. The first-order chi connectivity index (χ1) is 13.5. The van der Waals surface area contributed by atoms with E-state index in [4.69, 9.17) is 4.74 Å². The lowest BCUT2D eigenvalue weighted by Gasteiger charge is -2.34. The standard InChI is InChI=1S/C18H27F3N4O3S/c1-13-11-25(12-14(2)28-13)29(26,27)8-7-23-17(22-3)24-10-15-5-4-6-16(9-15)18(19,20)21/h4-6,9,13-14H,7-8,10-12H2,1-3H3,(H2,22,23,24). The molecule has 1 aliphatic heterocycles. The van der Waals surface area contributed by atoms with Crippen molar-refractivity contribution in [3.05, 3.63) is 35.4 Å². The summed E-state index contributed by atoms with van der Waals surface area (Å²) in [7, 11) is -1.96. The van der Waals surface area contributed by atoms with E-state index in [-0.39, 0.29) is 31.1 Å². The Bertz CT molecular complexity index is 805. The Balaban J connectivity index is 1.85. The Hall–Kier alpha value is -1.85. The van der Waals surface area contributed by atoms with Crippen LogP contribution in [0.3, 0.4) is 0 Å². The number of hydrogen-bond acceptors (Lipinski definition) is 4. The number of sulfonamides is 1. The quantitative estimate of drug-likeness (QED) is 0.525. The van der Waals surface area contributed by atoms with E-state index in [1.54, 1.807) is 6.07 Å². The lowest BCUT2D eigenvalue weighted by Crippen LogP contribution is -2.50. The first-order valence-corrected chi connectivity index (χ1v) is 10.9. The lowest BCUT2D eigenvalue weighted by atomic mass is 10.1. The monoisotopic (exact) mass is 436 g/mol. The minimum atomic E-state index is -4.40. The molecular formula is C18H27F3N4O3S. The third-order valence-corrected chi connectivity index (χ3v) is 6.17. The molecule has 29 heavy (non-hydrogen) atoms. The molecule has 1 aromatic carbocycles. The molecular weight excluding hydrogens is 409 g/mol. The molecule has 0 radical (unpaired) electrons. The highest BCUT2D eigenvalue weighted by Crippen LogP contribution is 2.29. The molecule has 164 valence electrons. The van der Waals surface area contributed by atoms with Gasteiger partial charge in [-0.1, -0.05) is 12.1 Å². The summed E-state index contributed by atoms with van der Waals surface area (Å²) < 4.78 is 70.4. The van der Waals surface area contributed by atoms with Crippen molar-refractivity contribution in [3.63, 3.8) is 0 Å². The fraction of sp³-hybridized carbons (Fsp3) is 0.611. The zero-order chi connectivity index (χ0) is 21.7. The first-order valence-electron chi connectivity index (χ1n) is 9.25. The molecule has 0 amide bonds. The van der Waals surface area contributed by atoms with Gasteiger partial charge in [0, 0.05) is 33.2 Å². The van der Waals surface area contributed by atoms with Crippen LogP contribution in [0.25, 0.3) is 0 Å². The predicted octanol–water partition coefficient (Wildman–Crippen LogP) is 1.81. The average Bonchev–Trinajstić information content (AvgIpc) is 2.63. The Labute approximate surface area is 169 Å². The number of nitrogens with zero attached hydrogens (tertiary/aromatic N) is 2. The van der Waals surface area contributed by atoms with Crippen LogP contribution < -0.4 is 10.6 Å². The molecule has 0 aromatic heterocycles. The van der Waals surface area contributed by atoms with Crippen LogP contribution in [0.4, 0.5) is 13.2 Å². The Morgan fingerprint density at radius 3 is 2.48 bits per heavy atom. The van der Waals surface area contributed by atoms with Gasteiger partial charge in [0.15, 0.2) is 5.96 Å². The van der Waals surface area contributed by atoms with Gasteiger partial charge in [0.25, 0.3) is 0 Å². The molecule has 1 saturated heterocycles. The van der Waals surface area contributed by atoms with Crippen LogP contribution in [0.5, 0.6) is 0 Å². The molecule has 2 N–H and O–H groups in total. The number of aliphatic imine (C=N–C) groups is 1. The number of halogens is 3. The van der Waals surface area contributed by atoms with Gasteiger partial charge < -0.3 is 15.4 Å². The summed E-state index contributed by atoms with van der Waals surface area (Å²) in [4.78, 5) is 3.97. The van der Waals surface area contributed by atoms with Crippen LogP contribution in [0.1, 0.15) is 25.0 Å². The number of morpholine rings is 1. The maximum absolute atomic E-state index is 12.8. The molecule has 0 aliphatic carbocycles. The molecule has 1 aliphatic rings. The van der Waals surface area contributed by atoms with E-state index in [2.05, 4.69) is 15.6 Å². The summed E-state index contributed by atoms with van der Waals surface area (Å²) in [6, 6.07) is 4.98. The topological polar surface area (TPSA) is 83.0 Å². The van der Waals surface area contributed by atoms with Crippen molar-refractivity contribution < 1.29 is 26.3 Å². The van der Waals surface area contributed by atoms with Gasteiger partial charge in [0.2, 0.25) is 10.0 Å². The highest BCUT2D eigenvalue weighted by atomic mass is 32.2. The van der Waals surface area contributed by atoms with E-state index < -0.39 is 21.8 Å². The van der Waals surface area contributed by atoms with Crippen molar-refractivity contribution in [2.45, 2.75) is 38.8 Å². The molecule has 2 atom stereocenters. The van der Waals surface area contributed by atoms with Gasteiger partial charge in [-0.25, -0.2) is 8.42 Å². The van der Waals surface area contributed by atoms with Gasteiger partial charge in [0.05, 0.1) is 23.5 Å². The summed E-state index contributed by atoms with van der Waals surface area (Å²) in [5.74, 6) is 0.179. The predicted molar refractivity (Wildman–Crippen MR) is 105 cm³/mol. The Morgan fingerprint density at radius 1 is 1.24 bits per heavy atom. The second kappa shape index (κ2) is 9.77. The van der Waals surface area contributed by atoms with E-state index in [0.29, 0.717) is 24.6 Å². The summed E-state index contributed by atoms with van der Waals surface area (Å²) in [6.07, 6.45) is -4.73. The fourth-order valence-electron chi connectivity index (χ4n) is 3.05. The largest absolute Gasteiger partial charge is 0.416 e. The number of rotatable bonds is 6.